The molecule has 5 atom stereocenters. The highest BCUT2D eigenvalue weighted by Gasteiger charge is 2.60. The Bertz CT molecular complexity index is 845. The molecule has 0 spiro atoms. The fourth-order valence-corrected chi connectivity index (χ4v) is 11.0. The van der Waals surface area contributed by atoms with Crippen molar-refractivity contribution in [3.63, 3.8) is 0 Å². The van der Waals surface area contributed by atoms with E-state index in [1.165, 1.54) is 0 Å². The molecule has 1 fully saturated rings. The van der Waals surface area contributed by atoms with Gasteiger partial charge in [-0.25, -0.2) is 0 Å². The molecule has 160 valence electrons. The van der Waals surface area contributed by atoms with Gasteiger partial charge in [0.25, 0.3) is 0 Å². The zero-order valence-electron chi connectivity index (χ0n) is 17.5. The van der Waals surface area contributed by atoms with Crippen LogP contribution >= 0.6 is 0 Å². The normalized spacial score (nSPS) is 27.3. The number of rotatable bonds is 5. The van der Waals surface area contributed by atoms with Crippen molar-refractivity contribution in [2.45, 2.75) is 55.9 Å². The van der Waals surface area contributed by atoms with Crippen molar-refractivity contribution in [1.82, 2.24) is 0 Å². The molecule has 2 aromatic rings. The highest BCUT2D eigenvalue weighted by atomic mass is 28.3. The predicted molar refractivity (Wildman–Crippen MR) is 118 cm³/mol. The minimum Gasteiger partial charge on any atom is -0.394 e. The second kappa shape index (κ2) is 8.89. The molecule has 1 aliphatic heterocycles. The summed E-state index contributed by atoms with van der Waals surface area (Å²) in [5.74, 6) is 0. The first-order chi connectivity index (χ1) is 14.3. The van der Waals surface area contributed by atoms with Gasteiger partial charge in [-0.2, -0.15) is 0 Å². The number of azide groups is 1. The molecule has 2 aromatic carbocycles. The summed E-state index contributed by atoms with van der Waals surface area (Å²) >= 11 is 0. The lowest BCUT2D eigenvalue weighted by Gasteiger charge is -2.54. The topological polar surface area (TPSA) is 119 Å². The zero-order chi connectivity index (χ0) is 21.9. The van der Waals surface area contributed by atoms with Gasteiger partial charge in [0, 0.05) is 4.91 Å². The van der Waals surface area contributed by atoms with Gasteiger partial charge >= 0.3 is 0 Å². The first-order valence-corrected chi connectivity index (χ1v) is 12.1. The van der Waals surface area contributed by atoms with Gasteiger partial charge in [0.05, 0.1) is 24.5 Å². The molecule has 0 aliphatic carbocycles. The van der Waals surface area contributed by atoms with Gasteiger partial charge in [0.2, 0.25) is 0 Å². The standard InChI is InChI=1S/C22H29N3O4Si/c1-22(2,3)30(15-10-6-4-7-11-15,16-12-8-5-9-13-16)21-18(24-25-23)20(28)19(27)17(14-26)29-21/h4-13,17-21,26-28H,14H2,1-3H3/t17-,18-,19-,20-,21?/m1/s1. The minimum absolute atomic E-state index is 0.328. The van der Waals surface area contributed by atoms with E-state index in [0.717, 1.165) is 10.4 Å². The van der Waals surface area contributed by atoms with E-state index in [1.807, 2.05) is 60.7 Å². The number of hydrogen-bond acceptors (Lipinski definition) is 5. The molecule has 8 heteroatoms. The third-order valence-electron chi connectivity index (χ3n) is 6.15. The summed E-state index contributed by atoms with van der Waals surface area (Å²) in [6, 6.07) is 18.9. The summed E-state index contributed by atoms with van der Waals surface area (Å²) in [6.45, 7) is 5.93. The molecule has 0 saturated carbocycles. The maximum absolute atomic E-state index is 10.9. The van der Waals surface area contributed by atoms with Crippen molar-refractivity contribution in [3.8, 4) is 0 Å². The van der Waals surface area contributed by atoms with Crippen LogP contribution in [0.3, 0.4) is 0 Å². The zero-order valence-corrected chi connectivity index (χ0v) is 18.5. The lowest BCUT2D eigenvalue weighted by atomic mass is 9.99. The Balaban J connectivity index is 2.37. The second-order valence-electron chi connectivity index (χ2n) is 8.74. The Morgan fingerprint density at radius 3 is 1.87 bits per heavy atom. The van der Waals surface area contributed by atoms with Gasteiger partial charge in [-0.15, -0.1) is 0 Å². The van der Waals surface area contributed by atoms with Crippen LogP contribution in [0.4, 0.5) is 0 Å². The molecule has 30 heavy (non-hydrogen) atoms. The SMILES string of the molecule is CC(C)(C)[Si](c1ccccc1)(c1ccccc1)C1O[C@H](CO)[C@@H](O)[C@H](O)[C@H]1N=[N+]=[N-]. The van der Waals surface area contributed by atoms with Crippen LogP contribution in [-0.4, -0.2) is 60.1 Å². The number of hydrogen-bond donors (Lipinski definition) is 3. The maximum atomic E-state index is 10.9. The van der Waals surface area contributed by atoms with Gasteiger partial charge in [-0.05, 0) is 10.6 Å². The summed E-state index contributed by atoms with van der Waals surface area (Å²) in [7, 11) is -2.95. The van der Waals surface area contributed by atoms with Crippen LogP contribution in [-0.2, 0) is 4.74 Å². The summed E-state index contributed by atoms with van der Waals surface area (Å²) < 4.78 is 6.32. The lowest BCUT2D eigenvalue weighted by Crippen LogP contribution is -2.78. The van der Waals surface area contributed by atoms with Crippen molar-refractivity contribution < 1.29 is 20.1 Å². The Morgan fingerprint density at radius 2 is 1.47 bits per heavy atom. The van der Waals surface area contributed by atoms with E-state index >= 15 is 0 Å². The molecule has 0 amide bonds. The van der Waals surface area contributed by atoms with Gasteiger partial charge in [0.15, 0.2) is 8.07 Å². The lowest BCUT2D eigenvalue weighted by molar-refractivity contribution is -0.170. The number of nitrogens with zero attached hydrogens (tertiary/aromatic N) is 3. The summed E-state index contributed by atoms with van der Waals surface area (Å²) in [5.41, 5.74) is 8.55. The van der Waals surface area contributed by atoms with Gasteiger partial charge in [-0.1, -0.05) is 96.9 Å². The number of aliphatic hydroxyl groups excluding tert-OH is 3. The molecule has 0 aromatic heterocycles. The van der Waals surface area contributed by atoms with Crippen LogP contribution in [0.25, 0.3) is 10.4 Å². The van der Waals surface area contributed by atoms with E-state index in [-0.39, 0.29) is 5.04 Å². The van der Waals surface area contributed by atoms with Crippen LogP contribution in [0.1, 0.15) is 20.8 Å². The van der Waals surface area contributed by atoms with E-state index in [0.29, 0.717) is 0 Å². The van der Waals surface area contributed by atoms with E-state index in [2.05, 4.69) is 30.8 Å². The quantitative estimate of drug-likeness (QED) is 0.291. The molecule has 1 heterocycles. The van der Waals surface area contributed by atoms with E-state index < -0.39 is 44.8 Å². The second-order valence-corrected chi connectivity index (χ2v) is 13.6. The summed E-state index contributed by atoms with van der Waals surface area (Å²) in [4.78, 5) is 2.96. The Morgan fingerprint density at radius 1 is 0.967 bits per heavy atom. The van der Waals surface area contributed by atoms with E-state index in [4.69, 9.17) is 4.74 Å². The third kappa shape index (κ3) is 3.67. The molecule has 1 saturated heterocycles. The van der Waals surface area contributed by atoms with Gasteiger partial charge < -0.3 is 20.1 Å². The summed E-state index contributed by atoms with van der Waals surface area (Å²) in [6.07, 6.45) is -3.67. The van der Waals surface area contributed by atoms with E-state index in [1.54, 1.807) is 0 Å². The Hall–Kier alpha value is -2.19. The van der Waals surface area contributed by atoms with Crippen LogP contribution in [0.15, 0.2) is 65.8 Å². The summed E-state index contributed by atoms with van der Waals surface area (Å²) in [5, 5.41) is 36.9. The molecule has 0 bridgehead atoms. The third-order valence-corrected chi connectivity index (χ3v) is 12.3. The Labute approximate surface area is 177 Å². The fourth-order valence-electron chi connectivity index (χ4n) is 4.84. The van der Waals surface area contributed by atoms with Crippen molar-refractivity contribution >= 4 is 18.4 Å². The molecule has 7 nitrogen and oxygen atoms in total. The number of benzene rings is 2. The number of ether oxygens (including phenoxy) is 1. The molecule has 3 N–H and O–H groups in total. The monoisotopic (exact) mass is 427 g/mol. The smallest absolute Gasteiger partial charge is 0.154 e. The molecular formula is C22H29N3O4Si. The maximum Gasteiger partial charge on any atom is 0.154 e. The minimum atomic E-state index is -2.95. The van der Waals surface area contributed by atoms with Crippen LogP contribution < -0.4 is 10.4 Å². The van der Waals surface area contributed by atoms with Gasteiger partial charge in [-0.3, -0.25) is 0 Å². The molecular weight excluding hydrogens is 398 g/mol. The predicted octanol–water partition coefficient (Wildman–Crippen LogP) is 1.75. The number of aliphatic hydroxyl groups is 3. The van der Waals surface area contributed by atoms with Crippen molar-refractivity contribution in [1.29, 1.82) is 0 Å². The fraction of sp³-hybridized carbons (Fsp3) is 0.455. The van der Waals surface area contributed by atoms with Crippen molar-refractivity contribution in [2.75, 3.05) is 6.61 Å². The average Bonchev–Trinajstić information content (AvgIpc) is 2.74. The molecule has 1 aliphatic rings. The highest BCUT2D eigenvalue weighted by Crippen LogP contribution is 2.43. The first kappa shape index (κ1) is 22.5. The van der Waals surface area contributed by atoms with Crippen LogP contribution in [0.5, 0.6) is 0 Å². The average molecular weight is 428 g/mol. The van der Waals surface area contributed by atoms with Crippen molar-refractivity contribution in [2.24, 2.45) is 5.11 Å². The van der Waals surface area contributed by atoms with Crippen molar-refractivity contribution in [3.05, 3.63) is 71.1 Å². The highest BCUT2D eigenvalue weighted by molar-refractivity contribution is 7.05. The van der Waals surface area contributed by atoms with E-state index in [9.17, 15) is 20.9 Å². The molecule has 3 rings (SSSR count). The van der Waals surface area contributed by atoms with Crippen LogP contribution in [0.2, 0.25) is 5.04 Å². The first-order valence-electron chi connectivity index (χ1n) is 10.1. The Kier molecular flexibility index (Phi) is 6.67. The van der Waals surface area contributed by atoms with Gasteiger partial charge in [0.1, 0.15) is 12.2 Å². The van der Waals surface area contributed by atoms with Crippen LogP contribution in [0, 0.1) is 0 Å². The largest absolute Gasteiger partial charge is 0.394 e. The molecule has 0 radical (unpaired) electrons. The molecule has 1 unspecified atom stereocenters.